The van der Waals surface area contributed by atoms with Crippen molar-refractivity contribution in [1.82, 2.24) is 28.8 Å². The summed E-state index contributed by atoms with van der Waals surface area (Å²) in [4.78, 5) is 0. The monoisotopic (exact) mass is 274 g/mol. The fourth-order valence-corrected chi connectivity index (χ4v) is 2.82. The molecule has 0 N–H and O–H groups in total. The van der Waals surface area contributed by atoms with Crippen LogP contribution in [0.3, 0.4) is 0 Å². The first kappa shape index (κ1) is 10.6. The summed E-state index contributed by atoms with van der Waals surface area (Å²) in [6.07, 6.45) is 5.59. The largest absolute Gasteiger partial charge is 0.296 e. The molecule has 0 aliphatic heterocycles. The molecule has 6 heteroatoms. The zero-order valence-corrected chi connectivity index (χ0v) is 11.0. The van der Waals surface area contributed by atoms with E-state index >= 15 is 0 Å². The molecule has 0 radical (unpaired) electrons. The molecule has 1 aromatic carbocycles. The molecule has 0 fully saturated rings. The second-order valence-electron chi connectivity index (χ2n) is 4.89. The van der Waals surface area contributed by atoms with E-state index in [0.717, 1.165) is 28.0 Å². The Kier molecular flexibility index (Phi) is 1.87. The van der Waals surface area contributed by atoms with Gasteiger partial charge in [-0.25, -0.2) is 4.68 Å². The first-order valence-corrected chi connectivity index (χ1v) is 6.65. The molecule has 5 aromatic rings. The molecule has 0 amide bonds. The molecule has 100 valence electrons. The van der Waals surface area contributed by atoms with Gasteiger partial charge < -0.3 is 0 Å². The van der Waals surface area contributed by atoms with Gasteiger partial charge in [0.2, 0.25) is 0 Å². The van der Waals surface area contributed by atoms with Crippen molar-refractivity contribution in [3.05, 3.63) is 61.2 Å². The topological polar surface area (TPSA) is 52.4 Å². The number of rotatable bonds is 1. The van der Waals surface area contributed by atoms with Crippen molar-refractivity contribution in [1.29, 1.82) is 0 Å². The summed E-state index contributed by atoms with van der Waals surface area (Å²) in [6, 6.07) is 14.1. The average Bonchev–Trinajstić information content (AvgIpc) is 3.25. The van der Waals surface area contributed by atoms with Crippen LogP contribution in [0.1, 0.15) is 0 Å². The van der Waals surface area contributed by atoms with Crippen molar-refractivity contribution < 1.29 is 0 Å². The third kappa shape index (κ3) is 1.28. The Morgan fingerprint density at radius 3 is 2.67 bits per heavy atom. The number of hydrogen-bond acceptors (Lipinski definition) is 3. The Bertz CT molecular complexity index is 1050. The minimum absolute atomic E-state index is 0.833. The lowest BCUT2D eigenvalue weighted by Crippen LogP contribution is -2.01. The van der Waals surface area contributed by atoms with Crippen LogP contribution in [0.25, 0.3) is 28.0 Å². The van der Waals surface area contributed by atoms with Crippen LogP contribution in [0, 0.1) is 0 Å². The molecule has 21 heavy (non-hydrogen) atoms. The van der Waals surface area contributed by atoms with Crippen molar-refractivity contribution in [3.63, 3.8) is 0 Å². The zero-order chi connectivity index (χ0) is 13.8. The molecule has 4 heterocycles. The minimum Gasteiger partial charge on any atom is -0.296 e. The van der Waals surface area contributed by atoms with Gasteiger partial charge in [0.15, 0.2) is 11.3 Å². The van der Waals surface area contributed by atoms with Crippen molar-refractivity contribution in [3.8, 4) is 5.69 Å². The first-order valence-electron chi connectivity index (χ1n) is 6.65. The molecule has 5 rings (SSSR count). The minimum atomic E-state index is 0.833. The lowest BCUT2D eigenvalue weighted by atomic mass is 10.3. The predicted octanol–water partition coefficient (Wildman–Crippen LogP) is 2.32. The zero-order valence-electron chi connectivity index (χ0n) is 11.0. The highest BCUT2D eigenvalue weighted by Crippen LogP contribution is 2.23. The second kappa shape index (κ2) is 3.69. The van der Waals surface area contributed by atoms with Gasteiger partial charge in [0.25, 0.3) is 0 Å². The van der Waals surface area contributed by atoms with Gasteiger partial charge in [-0.2, -0.15) is 5.10 Å². The fraction of sp³-hybridized carbons (Fsp3) is 0. The number of nitrogens with zero attached hydrogens (tertiary/aromatic N) is 6. The van der Waals surface area contributed by atoms with Gasteiger partial charge >= 0.3 is 0 Å². The summed E-state index contributed by atoms with van der Waals surface area (Å²) >= 11 is 0. The molecule has 4 aromatic heterocycles. The van der Waals surface area contributed by atoms with Crippen LogP contribution >= 0.6 is 0 Å². The maximum atomic E-state index is 4.54. The highest BCUT2D eigenvalue weighted by atomic mass is 15.3. The number of para-hydroxylation sites is 1. The molecule has 0 unspecified atom stereocenters. The maximum absolute atomic E-state index is 4.54. The van der Waals surface area contributed by atoms with Crippen LogP contribution in [-0.4, -0.2) is 28.8 Å². The van der Waals surface area contributed by atoms with E-state index in [4.69, 9.17) is 0 Å². The van der Waals surface area contributed by atoms with Crippen molar-refractivity contribution in [2.24, 2.45) is 0 Å². The third-order valence-electron chi connectivity index (χ3n) is 3.74. The average molecular weight is 274 g/mol. The molecule has 0 aliphatic rings. The first-order chi connectivity index (χ1) is 10.4. The van der Waals surface area contributed by atoms with Gasteiger partial charge in [-0.15, -0.1) is 10.2 Å². The van der Waals surface area contributed by atoms with E-state index in [0.29, 0.717) is 0 Å². The Morgan fingerprint density at radius 2 is 1.76 bits per heavy atom. The van der Waals surface area contributed by atoms with E-state index in [9.17, 15) is 0 Å². The van der Waals surface area contributed by atoms with E-state index in [1.54, 1.807) is 6.33 Å². The van der Waals surface area contributed by atoms with Crippen molar-refractivity contribution in [2.45, 2.75) is 0 Å². The highest BCUT2D eigenvalue weighted by molar-refractivity contribution is 5.85. The van der Waals surface area contributed by atoms with Gasteiger partial charge in [-0.05, 0) is 24.3 Å². The van der Waals surface area contributed by atoms with E-state index in [2.05, 4.69) is 19.7 Å². The van der Waals surface area contributed by atoms with E-state index in [1.165, 1.54) is 0 Å². The molecular formula is C15H10N6. The SMILES string of the molecule is c1ccc(-n2ncc3c2n2cccc2c2nncn32)cc1. The summed E-state index contributed by atoms with van der Waals surface area (Å²) in [7, 11) is 0. The Morgan fingerprint density at radius 1 is 0.857 bits per heavy atom. The second-order valence-corrected chi connectivity index (χ2v) is 4.89. The molecule has 0 atom stereocenters. The molecule has 0 aliphatic carbocycles. The molecule has 0 saturated carbocycles. The molecule has 0 bridgehead atoms. The maximum Gasteiger partial charge on any atom is 0.185 e. The normalized spacial score (nSPS) is 11.8. The third-order valence-corrected chi connectivity index (χ3v) is 3.74. The van der Waals surface area contributed by atoms with Crippen molar-refractivity contribution in [2.75, 3.05) is 0 Å². The van der Waals surface area contributed by atoms with Crippen LogP contribution in [0.4, 0.5) is 0 Å². The van der Waals surface area contributed by atoms with Gasteiger partial charge in [-0.1, -0.05) is 18.2 Å². The summed E-state index contributed by atoms with van der Waals surface area (Å²) in [5.41, 5.74) is 4.84. The number of fused-ring (bicyclic) bond motifs is 6. The lowest BCUT2D eigenvalue weighted by Gasteiger charge is -2.06. The smallest absolute Gasteiger partial charge is 0.185 e. The van der Waals surface area contributed by atoms with E-state index in [1.807, 2.05) is 63.9 Å². The van der Waals surface area contributed by atoms with E-state index in [-0.39, 0.29) is 0 Å². The lowest BCUT2D eigenvalue weighted by molar-refractivity contribution is 0.888. The summed E-state index contributed by atoms with van der Waals surface area (Å²) in [5.74, 6) is 0. The molecule has 0 spiro atoms. The van der Waals surface area contributed by atoms with Crippen LogP contribution in [0.5, 0.6) is 0 Å². The Balaban J connectivity index is 2.05. The van der Waals surface area contributed by atoms with Crippen LogP contribution in [0.2, 0.25) is 0 Å². The standard InChI is InChI=1S/C15H10N6/c1-2-5-11(6-3-1)21-15-13(9-17-21)20-10-16-18-14(20)12-7-4-8-19(12)15/h1-10H. The summed E-state index contributed by atoms with van der Waals surface area (Å²) in [5, 5.41) is 12.8. The number of aromatic nitrogens is 6. The molecule has 0 saturated heterocycles. The fourth-order valence-electron chi connectivity index (χ4n) is 2.82. The highest BCUT2D eigenvalue weighted by Gasteiger charge is 2.14. The molecule has 6 nitrogen and oxygen atoms in total. The van der Waals surface area contributed by atoms with Crippen molar-refractivity contribution >= 4 is 22.3 Å². The Hall–Kier alpha value is -3.15. The van der Waals surface area contributed by atoms with Gasteiger partial charge in [0, 0.05) is 6.20 Å². The predicted molar refractivity (Wildman–Crippen MR) is 78.6 cm³/mol. The summed E-state index contributed by atoms with van der Waals surface area (Å²) < 4.78 is 6.00. The number of hydrogen-bond donors (Lipinski definition) is 0. The van der Waals surface area contributed by atoms with Crippen LogP contribution in [-0.2, 0) is 0 Å². The Labute approximate surface area is 118 Å². The summed E-state index contributed by atoms with van der Waals surface area (Å²) in [6.45, 7) is 0. The van der Waals surface area contributed by atoms with Gasteiger partial charge in [-0.3, -0.25) is 8.80 Å². The van der Waals surface area contributed by atoms with E-state index < -0.39 is 0 Å². The molecular weight excluding hydrogens is 264 g/mol. The van der Waals surface area contributed by atoms with Gasteiger partial charge in [0.1, 0.15) is 11.8 Å². The van der Waals surface area contributed by atoms with Crippen LogP contribution in [0.15, 0.2) is 61.2 Å². The quantitative estimate of drug-likeness (QED) is 0.471. The number of benzene rings is 1. The van der Waals surface area contributed by atoms with Crippen LogP contribution < -0.4 is 0 Å². The van der Waals surface area contributed by atoms with Gasteiger partial charge in [0.05, 0.1) is 17.4 Å².